The third-order valence-corrected chi connectivity index (χ3v) is 4.45. The van der Waals surface area contributed by atoms with Gasteiger partial charge in [0.05, 0.1) is 22.7 Å². The molecule has 0 saturated carbocycles. The Bertz CT molecular complexity index is 953. The van der Waals surface area contributed by atoms with E-state index < -0.39 is 11.9 Å². The molecule has 8 heteroatoms. The van der Waals surface area contributed by atoms with E-state index in [1.807, 2.05) is 55.6 Å². The number of rotatable bonds is 4. The highest BCUT2D eigenvalue weighted by atomic mass is 32.2. The first-order valence-electron chi connectivity index (χ1n) is 7.60. The van der Waals surface area contributed by atoms with Crippen LogP contribution in [0.1, 0.15) is 11.3 Å². The summed E-state index contributed by atoms with van der Waals surface area (Å²) in [6.07, 6.45) is 0. The van der Waals surface area contributed by atoms with Crippen LogP contribution in [0.25, 0.3) is 16.8 Å². The van der Waals surface area contributed by atoms with Gasteiger partial charge in [-0.05, 0) is 25.5 Å². The second-order valence-corrected chi connectivity index (χ2v) is 6.48. The van der Waals surface area contributed by atoms with Crippen molar-refractivity contribution in [2.45, 2.75) is 19.0 Å². The predicted octanol–water partition coefficient (Wildman–Crippen LogP) is 2.30. The standard InChI is InChI=1S/C17H17N5O2S/c1-10-8-11(2)21-22-15(10)14(12-6-4-3-5-7-12)20-17(22)25-9-13(23)19-16(18)24/h3-8H,9H2,1-2H3,(H3,18,19,23,24). The van der Waals surface area contributed by atoms with Crippen molar-refractivity contribution in [2.24, 2.45) is 5.73 Å². The molecule has 0 spiro atoms. The SMILES string of the molecule is Cc1cc(C)c2c(-c3ccccc3)nc(SCC(=O)NC(N)=O)n2n1. The Hall–Kier alpha value is -2.87. The van der Waals surface area contributed by atoms with Gasteiger partial charge in [0.15, 0.2) is 5.16 Å². The number of benzene rings is 1. The number of nitrogens with zero attached hydrogens (tertiary/aromatic N) is 3. The molecule has 3 rings (SSSR count). The summed E-state index contributed by atoms with van der Waals surface area (Å²) in [6.45, 7) is 3.91. The summed E-state index contributed by atoms with van der Waals surface area (Å²) in [6, 6.07) is 10.9. The van der Waals surface area contributed by atoms with E-state index in [1.165, 1.54) is 11.8 Å². The van der Waals surface area contributed by atoms with Crippen molar-refractivity contribution >= 4 is 29.2 Å². The fourth-order valence-corrected chi connectivity index (χ4v) is 3.34. The lowest BCUT2D eigenvalue weighted by Gasteiger charge is -2.04. The molecule has 0 atom stereocenters. The predicted molar refractivity (Wildman–Crippen MR) is 96.3 cm³/mol. The summed E-state index contributed by atoms with van der Waals surface area (Å²) in [5, 5.41) is 7.16. The van der Waals surface area contributed by atoms with Crippen molar-refractivity contribution in [1.29, 1.82) is 0 Å². The molecule has 0 aliphatic heterocycles. The minimum absolute atomic E-state index is 0.0188. The monoisotopic (exact) mass is 355 g/mol. The van der Waals surface area contributed by atoms with Crippen molar-refractivity contribution in [3.05, 3.63) is 47.7 Å². The molecule has 0 unspecified atom stereocenters. The molecule has 0 aliphatic carbocycles. The molecule has 7 nitrogen and oxygen atoms in total. The number of urea groups is 1. The Kier molecular flexibility index (Phi) is 4.71. The summed E-state index contributed by atoms with van der Waals surface area (Å²) < 4.78 is 1.75. The van der Waals surface area contributed by atoms with Gasteiger partial charge in [0, 0.05) is 5.56 Å². The Morgan fingerprint density at radius 3 is 2.64 bits per heavy atom. The average Bonchev–Trinajstić information content (AvgIpc) is 2.92. The molecule has 3 amide bonds. The maximum atomic E-state index is 11.7. The average molecular weight is 355 g/mol. The van der Waals surface area contributed by atoms with E-state index in [2.05, 4.69) is 10.1 Å². The highest BCUT2D eigenvalue weighted by molar-refractivity contribution is 7.99. The molecule has 0 radical (unpaired) electrons. The largest absolute Gasteiger partial charge is 0.351 e. The number of amides is 3. The molecule has 2 aromatic heterocycles. The summed E-state index contributed by atoms with van der Waals surface area (Å²) in [5.74, 6) is -0.454. The molecule has 0 saturated heterocycles. The first kappa shape index (κ1) is 17.0. The number of carbonyl (C=O) groups excluding carboxylic acids is 2. The first-order chi connectivity index (χ1) is 12.0. The van der Waals surface area contributed by atoms with Crippen molar-refractivity contribution in [3.63, 3.8) is 0 Å². The van der Waals surface area contributed by atoms with Crippen LogP contribution in [-0.4, -0.2) is 32.3 Å². The number of imidazole rings is 1. The molecule has 0 aliphatic rings. The van der Waals surface area contributed by atoms with Crippen LogP contribution in [0.2, 0.25) is 0 Å². The van der Waals surface area contributed by atoms with Gasteiger partial charge < -0.3 is 5.73 Å². The van der Waals surface area contributed by atoms with Gasteiger partial charge in [0.25, 0.3) is 0 Å². The molecule has 3 aromatic rings. The Balaban J connectivity index is 2.04. The van der Waals surface area contributed by atoms with Gasteiger partial charge in [0.1, 0.15) is 0 Å². The van der Waals surface area contributed by atoms with E-state index in [4.69, 9.17) is 5.73 Å². The lowest BCUT2D eigenvalue weighted by Crippen LogP contribution is -2.36. The van der Waals surface area contributed by atoms with Gasteiger partial charge in [-0.15, -0.1) is 0 Å². The van der Waals surface area contributed by atoms with Crippen LogP contribution in [0.3, 0.4) is 0 Å². The van der Waals surface area contributed by atoms with E-state index in [0.29, 0.717) is 5.16 Å². The number of nitrogens with two attached hydrogens (primary N) is 1. The summed E-state index contributed by atoms with van der Waals surface area (Å²) in [4.78, 5) is 27.1. The van der Waals surface area contributed by atoms with Crippen LogP contribution in [-0.2, 0) is 4.79 Å². The molecule has 1 aromatic carbocycles. The summed E-state index contributed by atoms with van der Waals surface area (Å²) in [7, 11) is 0. The van der Waals surface area contributed by atoms with Gasteiger partial charge in [-0.2, -0.15) is 5.10 Å². The molecule has 2 heterocycles. The number of hydrogen-bond donors (Lipinski definition) is 2. The number of fused-ring (bicyclic) bond motifs is 1. The molecular formula is C17H17N5O2S. The topological polar surface area (TPSA) is 102 Å². The van der Waals surface area contributed by atoms with E-state index in [9.17, 15) is 9.59 Å². The second-order valence-electron chi connectivity index (χ2n) is 5.54. The van der Waals surface area contributed by atoms with Crippen LogP contribution >= 0.6 is 11.8 Å². The fourth-order valence-electron chi connectivity index (χ4n) is 2.60. The molecular weight excluding hydrogens is 338 g/mol. The van der Waals surface area contributed by atoms with Crippen LogP contribution in [0.5, 0.6) is 0 Å². The quantitative estimate of drug-likeness (QED) is 0.699. The number of hydrogen-bond acceptors (Lipinski definition) is 5. The van der Waals surface area contributed by atoms with Crippen LogP contribution in [0.15, 0.2) is 41.6 Å². The highest BCUT2D eigenvalue weighted by Gasteiger charge is 2.18. The number of carbonyl (C=O) groups is 2. The van der Waals surface area contributed by atoms with Crippen molar-refractivity contribution < 1.29 is 9.59 Å². The lowest BCUT2D eigenvalue weighted by atomic mass is 10.1. The maximum absolute atomic E-state index is 11.7. The van der Waals surface area contributed by atoms with Crippen LogP contribution in [0.4, 0.5) is 4.79 Å². The number of thioether (sulfide) groups is 1. The normalized spacial score (nSPS) is 10.8. The van der Waals surface area contributed by atoms with E-state index in [-0.39, 0.29) is 5.75 Å². The van der Waals surface area contributed by atoms with E-state index in [0.717, 1.165) is 28.0 Å². The Morgan fingerprint density at radius 2 is 1.96 bits per heavy atom. The third kappa shape index (κ3) is 3.63. The van der Waals surface area contributed by atoms with E-state index >= 15 is 0 Å². The third-order valence-electron chi connectivity index (χ3n) is 3.52. The minimum atomic E-state index is -0.867. The van der Waals surface area contributed by atoms with Crippen LogP contribution < -0.4 is 11.1 Å². The Labute approximate surface area is 148 Å². The van der Waals surface area contributed by atoms with Crippen molar-refractivity contribution in [1.82, 2.24) is 19.9 Å². The van der Waals surface area contributed by atoms with Gasteiger partial charge in [-0.25, -0.2) is 14.3 Å². The molecule has 128 valence electrons. The zero-order chi connectivity index (χ0) is 18.0. The summed E-state index contributed by atoms with van der Waals surface area (Å²) >= 11 is 1.20. The number of primary amides is 1. The summed E-state index contributed by atoms with van der Waals surface area (Å²) in [5.41, 5.74) is 9.54. The molecule has 3 N–H and O–H groups in total. The minimum Gasteiger partial charge on any atom is -0.351 e. The van der Waals surface area contributed by atoms with Crippen molar-refractivity contribution in [2.75, 3.05) is 5.75 Å². The fraction of sp³-hybridized carbons (Fsp3) is 0.176. The zero-order valence-corrected chi connectivity index (χ0v) is 14.6. The number of aromatic nitrogens is 3. The number of imide groups is 1. The number of aryl methyl sites for hydroxylation is 2. The molecule has 25 heavy (non-hydrogen) atoms. The first-order valence-corrected chi connectivity index (χ1v) is 8.58. The van der Waals surface area contributed by atoms with Gasteiger partial charge >= 0.3 is 6.03 Å². The smallest absolute Gasteiger partial charge is 0.318 e. The van der Waals surface area contributed by atoms with Gasteiger partial charge in [-0.3, -0.25) is 10.1 Å². The van der Waals surface area contributed by atoms with E-state index in [1.54, 1.807) is 4.52 Å². The molecule has 0 bridgehead atoms. The second kappa shape index (κ2) is 6.94. The van der Waals surface area contributed by atoms with Gasteiger partial charge in [-0.1, -0.05) is 42.1 Å². The lowest BCUT2D eigenvalue weighted by molar-refractivity contribution is -0.117. The van der Waals surface area contributed by atoms with Gasteiger partial charge in [0.2, 0.25) is 5.91 Å². The van der Waals surface area contributed by atoms with Crippen LogP contribution in [0, 0.1) is 13.8 Å². The highest BCUT2D eigenvalue weighted by Crippen LogP contribution is 2.30. The van der Waals surface area contributed by atoms with Crippen molar-refractivity contribution in [3.8, 4) is 11.3 Å². The molecule has 0 fully saturated rings. The Morgan fingerprint density at radius 1 is 1.24 bits per heavy atom. The maximum Gasteiger partial charge on any atom is 0.318 e. The number of nitrogens with one attached hydrogen (secondary N) is 1. The zero-order valence-electron chi connectivity index (χ0n) is 13.8.